The van der Waals surface area contributed by atoms with E-state index < -0.39 is 6.04 Å². The molecule has 2 aromatic carbocycles. The van der Waals surface area contributed by atoms with Gasteiger partial charge >= 0.3 is 0 Å². The third-order valence-corrected chi connectivity index (χ3v) is 8.03. The zero-order valence-electron chi connectivity index (χ0n) is 20.0. The van der Waals surface area contributed by atoms with Crippen LogP contribution < -0.4 is 5.73 Å². The predicted octanol–water partition coefficient (Wildman–Crippen LogP) is 5.69. The fraction of sp³-hybridized carbons (Fsp3) is 0.536. The number of amides is 1. The average Bonchev–Trinajstić information content (AvgIpc) is 3.37. The first-order chi connectivity index (χ1) is 16.5. The van der Waals surface area contributed by atoms with E-state index in [0.29, 0.717) is 22.4 Å². The lowest BCUT2D eigenvalue weighted by Gasteiger charge is -2.34. The molecule has 2 fully saturated rings. The van der Waals surface area contributed by atoms with E-state index in [1.165, 1.54) is 56.4 Å². The molecule has 0 spiro atoms. The topological polar surface area (TPSA) is 49.6 Å². The second-order valence-corrected chi connectivity index (χ2v) is 10.7. The highest BCUT2D eigenvalue weighted by atomic mass is 35.5. The highest BCUT2D eigenvalue weighted by molar-refractivity contribution is 6.35. The van der Waals surface area contributed by atoms with Crippen LogP contribution in [0.2, 0.25) is 10.0 Å². The molecule has 2 aromatic rings. The van der Waals surface area contributed by atoms with Crippen LogP contribution in [0.15, 0.2) is 42.5 Å². The Morgan fingerprint density at radius 3 is 2.44 bits per heavy atom. The first-order valence-corrected chi connectivity index (χ1v) is 13.6. The predicted molar refractivity (Wildman–Crippen MR) is 142 cm³/mol. The molecule has 1 amide bonds. The van der Waals surface area contributed by atoms with Crippen molar-refractivity contribution in [2.45, 2.75) is 63.3 Å². The molecule has 0 unspecified atom stereocenters. The molecule has 0 bridgehead atoms. The number of unbranched alkanes of at least 4 members (excludes halogenated alkanes) is 1. The van der Waals surface area contributed by atoms with Crippen molar-refractivity contribution in [2.24, 2.45) is 5.73 Å². The zero-order valence-corrected chi connectivity index (χ0v) is 21.5. The Morgan fingerprint density at radius 2 is 1.71 bits per heavy atom. The van der Waals surface area contributed by atoms with Gasteiger partial charge in [0.2, 0.25) is 5.91 Å². The molecule has 0 saturated carbocycles. The van der Waals surface area contributed by atoms with Crippen LogP contribution in [0.3, 0.4) is 0 Å². The maximum atomic E-state index is 13.0. The second kappa shape index (κ2) is 12.4. The van der Waals surface area contributed by atoms with Crippen molar-refractivity contribution in [1.29, 1.82) is 0 Å². The molecular weight excluding hydrogens is 465 g/mol. The minimum atomic E-state index is -0.585. The van der Waals surface area contributed by atoms with E-state index in [1.807, 2.05) is 11.0 Å². The third kappa shape index (κ3) is 6.75. The van der Waals surface area contributed by atoms with Gasteiger partial charge in [0.05, 0.1) is 6.04 Å². The molecule has 0 radical (unpaired) electrons. The number of benzene rings is 2. The van der Waals surface area contributed by atoms with E-state index in [-0.39, 0.29) is 5.91 Å². The maximum absolute atomic E-state index is 13.0. The fourth-order valence-electron chi connectivity index (χ4n) is 5.47. The zero-order chi connectivity index (χ0) is 23.9. The lowest BCUT2D eigenvalue weighted by Crippen LogP contribution is -2.47. The van der Waals surface area contributed by atoms with Gasteiger partial charge in [-0.3, -0.25) is 4.79 Å². The Balaban J connectivity index is 1.27. The smallest absolute Gasteiger partial charge is 0.239 e. The number of carbonyl (C=O) groups excluding carboxylic acids is 1. The number of halogens is 2. The van der Waals surface area contributed by atoms with Gasteiger partial charge in [0, 0.05) is 23.1 Å². The molecule has 2 N–H and O–H groups in total. The van der Waals surface area contributed by atoms with Crippen molar-refractivity contribution in [2.75, 3.05) is 32.7 Å². The molecule has 4 nitrogen and oxygen atoms in total. The van der Waals surface area contributed by atoms with Gasteiger partial charge in [0.25, 0.3) is 0 Å². The first-order valence-electron chi connectivity index (χ1n) is 12.8. The molecule has 6 heteroatoms. The van der Waals surface area contributed by atoms with Crippen LogP contribution in [0.4, 0.5) is 0 Å². The Hall–Kier alpha value is -1.59. The lowest BCUT2D eigenvalue weighted by atomic mass is 9.85. The van der Waals surface area contributed by atoms with Crippen LogP contribution >= 0.6 is 23.2 Å². The number of likely N-dealkylation sites (tertiary alicyclic amines) is 2. The van der Waals surface area contributed by atoms with Crippen LogP contribution in [0.5, 0.6) is 0 Å². The van der Waals surface area contributed by atoms with E-state index in [9.17, 15) is 4.79 Å². The molecular formula is C28H37Cl2N3O. The summed E-state index contributed by atoms with van der Waals surface area (Å²) in [7, 11) is 0. The molecule has 2 heterocycles. The maximum Gasteiger partial charge on any atom is 0.239 e. The quantitative estimate of drug-likeness (QED) is 0.449. The molecule has 2 aliphatic heterocycles. The minimum absolute atomic E-state index is 0.0136. The molecule has 184 valence electrons. The largest absolute Gasteiger partial charge is 0.341 e. The normalized spacial score (nSPS) is 18.4. The monoisotopic (exact) mass is 501 g/mol. The van der Waals surface area contributed by atoms with Crippen molar-refractivity contribution in [3.63, 3.8) is 0 Å². The fourth-order valence-corrected chi connectivity index (χ4v) is 5.96. The summed E-state index contributed by atoms with van der Waals surface area (Å²) < 4.78 is 0. The van der Waals surface area contributed by atoms with Crippen molar-refractivity contribution in [1.82, 2.24) is 9.80 Å². The van der Waals surface area contributed by atoms with Crippen molar-refractivity contribution >= 4 is 29.1 Å². The van der Waals surface area contributed by atoms with Crippen molar-refractivity contribution < 1.29 is 4.79 Å². The van der Waals surface area contributed by atoms with E-state index in [1.54, 1.807) is 12.1 Å². The molecule has 1 atom stereocenters. The van der Waals surface area contributed by atoms with Gasteiger partial charge in [-0.2, -0.15) is 0 Å². The van der Waals surface area contributed by atoms with E-state index in [0.717, 1.165) is 37.9 Å². The number of hydrogen-bond acceptors (Lipinski definition) is 3. The van der Waals surface area contributed by atoms with Gasteiger partial charge in [-0.05, 0) is 106 Å². The molecule has 4 rings (SSSR count). The van der Waals surface area contributed by atoms with Crippen molar-refractivity contribution in [3.05, 3.63) is 69.2 Å². The third-order valence-electron chi connectivity index (χ3n) is 7.44. The summed E-state index contributed by atoms with van der Waals surface area (Å²) in [6.45, 7) is 5.32. The number of nitrogens with two attached hydrogens (primary N) is 1. The highest BCUT2D eigenvalue weighted by Crippen LogP contribution is 2.31. The van der Waals surface area contributed by atoms with Gasteiger partial charge in [-0.1, -0.05) is 53.5 Å². The molecule has 34 heavy (non-hydrogen) atoms. The summed E-state index contributed by atoms with van der Waals surface area (Å²) in [5, 5.41) is 1.15. The Morgan fingerprint density at radius 1 is 0.971 bits per heavy atom. The summed E-state index contributed by atoms with van der Waals surface area (Å²) in [5.74, 6) is 0.528. The van der Waals surface area contributed by atoms with Crippen molar-refractivity contribution in [3.8, 4) is 0 Å². The molecule has 0 aromatic heterocycles. The number of rotatable bonds is 9. The van der Waals surface area contributed by atoms with E-state index in [2.05, 4.69) is 29.2 Å². The Bertz CT molecular complexity index is 952. The summed E-state index contributed by atoms with van der Waals surface area (Å²) in [5.41, 5.74) is 10.1. The summed E-state index contributed by atoms with van der Waals surface area (Å²) >= 11 is 12.3. The average molecular weight is 503 g/mol. The SMILES string of the molecule is N[C@H](Cc1ccc(Cl)cc1Cl)C(=O)N1CCC(c2ccccc2CCCCN2CCCC2)CC1. The summed E-state index contributed by atoms with van der Waals surface area (Å²) in [4.78, 5) is 17.5. The van der Waals surface area contributed by atoms with Gasteiger partial charge in [0.1, 0.15) is 0 Å². The summed E-state index contributed by atoms with van der Waals surface area (Å²) in [6.07, 6.45) is 8.80. The molecule has 2 saturated heterocycles. The standard InChI is InChI=1S/C28H37Cl2N3O/c29-24-11-10-23(26(30)20-24)19-27(31)28(34)33-17-12-22(13-18-33)25-9-2-1-7-21(25)8-3-4-14-32-15-5-6-16-32/h1-2,7,9-11,20,22,27H,3-6,8,12-19,31H2/t27-/m1/s1. The number of hydrogen-bond donors (Lipinski definition) is 1. The van der Waals surface area contributed by atoms with Gasteiger partial charge in [-0.25, -0.2) is 0 Å². The van der Waals surface area contributed by atoms with Crippen LogP contribution in [0, 0.1) is 0 Å². The summed E-state index contributed by atoms with van der Waals surface area (Å²) in [6, 6.07) is 13.7. The molecule has 2 aliphatic rings. The van der Waals surface area contributed by atoms with Gasteiger partial charge < -0.3 is 15.5 Å². The molecule has 0 aliphatic carbocycles. The van der Waals surface area contributed by atoms with Crippen LogP contribution in [-0.2, 0) is 17.6 Å². The first kappa shape index (κ1) is 25.5. The number of aryl methyl sites for hydroxylation is 1. The number of nitrogens with zero attached hydrogens (tertiary/aromatic N) is 2. The lowest BCUT2D eigenvalue weighted by molar-refractivity contribution is -0.133. The highest BCUT2D eigenvalue weighted by Gasteiger charge is 2.28. The van der Waals surface area contributed by atoms with Crippen LogP contribution in [0.1, 0.15) is 61.1 Å². The van der Waals surface area contributed by atoms with Crippen LogP contribution in [-0.4, -0.2) is 54.5 Å². The second-order valence-electron chi connectivity index (χ2n) is 9.85. The van der Waals surface area contributed by atoms with Gasteiger partial charge in [0.15, 0.2) is 0 Å². The van der Waals surface area contributed by atoms with Crippen LogP contribution in [0.25, 0.3) is 0 Å². The van der Waals surface area contributed by atoms with E-state index >= 15 is 0 Å². The Labute approximate surface area is 214 Å². The number of piperidine rings is 1. The van der Waals surface area contributed by atoms with E-state index in [4.69, 9.17) is 28.9 Å². The Kier molecular flexibility index (Phi) is 9.30. The number of carbonyl (C=O) groups is 1. The van der Waals surface area contributed by atoms with Gasteiger partial charge in [-0.15, -0.1) is 0 Å². The minimum Gasteiger partial charge on any atom is -0.341 e.